The zero-order valence-corrected chi connectivity index (χ0v) is 14.9. The predicted molar refractivity (Wildman–Crippen MR) is 94.5 cm³/mol. The molecule has 2 aromatic heterocycles. The Bertz CT molecular complexity index is 758. The van der Waals surface area contributed by atoms with Gasteiger partial charge in [-0.1, -0.05) is 0 Å². The van der Waals surface area contributed by atoms with Gasteiger partial charge in [-0.2, -0.15) is 0 Å². The Labute approximate surface area is 151 Å². The van der Waals surface area contributed by atoms with Crippen LogP contribution in [0, 0.1) is 5.92 Å². The molecule has 0 atom stereocenters. The van der Waals surface area contributed by atoms with Gasteiger partial charge in [0.1, 0.15) is 0 Å². The smallest absolute Gasteiger partial charge is 0.223 e. The Kier molecular flexibility index (Phi) is 7.43. The summed E-state index contributed by atoms with van der Waals surface area (Å²) in [6.45, 7) is 0.480. The highest BCUT2D eigenvalue weighted by Gasteiger charge is 2.22. The van der Waals surface area contributed by atoms with Gasteiger partial charge in [0.05, 0.1) is 45.9 Å². The third-order valence-electron chi connectivity index (χ3n) is 3.77. The average Bonchev–Trinajstić information content (AvgIpc) is 3.51. The molecule has 1 saturated carbocycles. The largest absolute Gasteiger partial charge is 0.491 e. The molecular formula is C18H24N2O6. The van der Waals surface area contributed by atoms with Crippen LogP contribution in [0.4, 0.5) is 0 Å². The number of aliphatic hydroxyl groups excluding tert-OH is 2. The number of hydrogen-bond donors (Lipinski definition) is 3. The summed E-state index contributed by atoms with van der Waals surface area (Å²) in [5.74, 6) is 2.24. The molecule has 0 radical (unpaired) electrons. The summed E-state index contributed by atoms with van der Waals surface area (Å²) in [6, 6.07) is 3.03. The predicted octanol–water partition coefficient (Wildman–Crippen LogP) is 1.25. The zero-order chi connectivity index (χ0) is 18.9. The van der Waals surface area contributed by atoms with E-state index in [1.54, 1.807) is 19.4 Å². The van der Waals surface area contributed by atoms with Gasteiger partial charge in [-0.15, -0.1) is 0 Å². The number of aliphatic hydroxyl groups is 2. The number of pyridine rings is 2. The molecule has 0 aromatic carbocycles. The van der Waals surface area contributed by atoms with Crippen LogP contribution in [0.15, 0.2) is 29.3 Å². The maximum atomic E-state index is 11.0. The van der Waals surface area contributed by atoms with Crippen molar-refractivity contribution in [3.05, 3.63) is 46.1 Å². The van der Waals surface area contributed by atoms with E-state index in [2.05, 4.69) is 9.97 Å². The molecule has 3 N–H and O–H groups in total. The molecular weight excluding hydrogens is 340 g/mol. The molecule has 0 amide bonds. The summed E-state index contributed by atoms with van der Waals surface area (Å²) in [4.78, 5) is 17.7. The van der Waals surface area contributed by atoms with Gasteiger partial charge in [-0.25, -0.2) is 0 Å². The minimum Gasteiger partial charge on any atom is -0.491 e. The molecule has 0 bridgehead atoms. The molecule has 3 rings (SSSR count). The lowest BCUT2D eigenvalue weighted by Crippen LogP contribution is -2.06. The van der Waals surface area contributed by atoms with Gasteiger partial charge in [0.25, 0.3) is 0 Å². The molecule has 0 saturated heterocycles. The molecule has 1 aliphatic rings. The fourth-order valence-electron chi connectivity index (χ4n) is 2.06. The van der Waals surface area contributed by atoms with Gasteiger partial charge in [0, 0.05) is 24.0 Å². The van der Waals surface area contributed by atoms with Crippen molar-refractivity contribution in [2.75, 3.05) is 20.8 Å². The molecule has 26 heavy (non-hydrogen) atoms. The van der Waals surface area contributed by atoms with Crippen molar-refractivity contribution < 1.29 is 24.4 Å². The summed E-state index contributed by atoms with van der Waals surface area (Å²) in [5.41, 5.74) is 0.854. The van der Waals surface area contributed by atoms with Crippen molar-refractivity contribution in [1.29, 1.82) is 0 Å². The van der Waals surface area contributed by atoms with Gasteiger partial charge in [0.2, 0.25) is 5.43 Å². The van der Waals surface area contributed by atoms with E-state index in [1.165, 1.54) is 32.2 Å². The molecule has 142 valence electrons. The molecule has 2 aromatic rings. The first kappa shape index (κ1) is 19.7. The highest BCUT2D eigenvalue weighted by Crippen LogP contribution is 2.32. The zero-order valence-electron chi connectivity index (χ0n) is 14.9. The van der Waals surface area contributed by atoms with Gasteiger partial charge in [-0.05, 0) is 18.8 Å². The van der Waals surface area contributed by atoms with Crippen molar-refractivity contribution >= 4 is 0 Å². The number of hydrogen-bond acceptors (Lipinski definition) is 7. The van der Waals surface area contributed by atoms with Gasteiger partial charge in [-0.3, -0.25) is 9.78 Å². The highest BCUT2D eigenvalue weighted by molar-refractivity contribution is 5.38. The van der Waals surface area contributed by atoms with Gasteiger partial charge in [0.15, 0.2) is 17.2 Å². The third kappa shape index (κ3) is 5.75. The van der Waals surface area contributed by atoms with E-state index in [-0.39, 0.29) is 24.4 Å². The SMILES string of the molecule is COc1c[nH]c(CO)cc1=O.COc1cnc(CO)cc1OCC1CC1. The van der Waals surface area contributed by atoms with E-state index < -0.39 is 0 Å². The van der Waals surface area contributed by atoms with Crippen LogP contribution >= 0.6 is 0 Å². The van der Waals surface area contributed by atoms with Crippen molar-refractivity contribution in [2.24, 2.45) is 5.92 Å². The Balaban J connectivity index is 0.000000197. The van der Waals surface area contributed by atoms with Crippen LogP contribution in [0.2, 0.25) is 0 Å². The van der Waals surface area contributed by atoms with Gasteiger partial charge < -0.3 is 29.4 Å². The number of aromatic amines is 1. The van der Waals surface area contributed by atoms with E-state index >= 15 is 0 Å². The summed E-state index contributed by atoms with van der Waals surface area (Å²) in [6.07, 6.45) is 5.50. The van der Waals surface area contributed by atoms with Crippen molar-refractivity contribution in [3.63, 3.8) is 0 Å². The van der Waals surface area contributed by atoms with E-state index in [0.29, 0.717) is 28.8 Å². The van der Waals surface area contributed by atoms with Gasteiger partial charge >= 0.3 is 0 Å². The van der Waals surface area contributed by atoms with E-state index in [9.17, 15) is 4.79 Å². The number of ether oxygens (including phenoxy) is 3. The minimum atomic E-state index is -0.227. The first-order valence-corrected chi connectivity index (χ1v) is 8.24. The van der Waals surface area contributed by atoms with E-state index in [4.69, 9.17) is 24.4 Å². The molecule has 1 aliphatic carbocycles. The van der Waals surface area contributed by atoms with Crippen LogP contribution in [0.5, 0.6) is 17.2 Å². The highest BCUT2D eigenvalue weighted by atomic mass is 16.5. The number of aromatic nitrogens is 2. The monoisotopic (exact) mass is 364 g/mol. The van der Waals surface area contributed by atoms with Crippen molar-refractivity contribution in [3.8, 4) is 17.2 Å². The number of nitrogens with one attached hydrogen (secondary N) is 1. The van der Waals surface area contributed by atoms with Crippen LogP contribution < -0.4 is 19.6 Å². The molecule has 2 heterocycles. The first-order chi connectivity index (χ1) is 12.6. The molecule has 0 spiro atoms. The number of nitrogens with zero attached hydrogens (tertiary/aromatic N) is 1. The van der Waals surface area contributed by atoms with E-state index in [0.717, 1.165) is 6.61 Å². The normalized spacial score (nSPS) is 12.8. The Morgan fingerprint density at radius 2 is 1.85 bits per heavy atom. The minimum absolute atomic E-state index is 0.0796. The summed E-state index contributed by atoms with van der Waals surface area (Å²) < 4.78 is 15.5. The lowest BCUT2D eigenvalue weighted by atomic mass is 10.3. The van der Waals surface area contributed by atoms with Crippen molar-refractivity contribution in [1.82, 2.24) is 9.97 Å². The standard InChI is InChI=1S/C11H15NO3.C7H9NO3/c1-14-11-5-12-9(6-13)4-10(11)15-7-8-2-3-8;1-11-7-3-8-5(4-9)2-6(7)10/h4-5,8,13H,2-3,6-7H2,1H3;2-3,9H,4H2,1H3,(H,8,10). The summed E-state index contributed by atoms with van der Waals surface area (Å²) in [7, 11) is 3.00. The Hall–Kier alpha value is -2.58. The fraction of sp³-hybridized carbons (Fsp3) is 0.444. The van der Waals surface area contributed by atoms with Crippen LogP contribution in [0.25, 0.3) is 0 Å². The molecule has 1 fully saturated rings. The third-order valence-corrected chi connectivity index (χ3v) is 3.77. The van der Waals surface area contributed by atoms with E-state index in [1.807, 2.05) is 0 Å². The molecule has 8 heteroatoms. The summed E-state index contributed by atoms with van der Waals surface area (Å²) >= 11 is 0. The molecule has 0 unspecified atom stereocenters. The average molecular weight is 364 g/mol. The number of rotatable bonds is 7. The second kappa shape index (κ2) is 9.79. The Morgan fingerprint density at radius 1 is 1.12 bits per heavy atom. The van der Waals surface area contributed by atoms with Crippen molar-refractivity contribution in [2.45, 2.75) is 26.1 Å². The molecule has 8 nitrogen and oxygen atoms in total. The lowest BCUT2D eigenvalue weighted by Gasteiger charge is -2.10. The topological polar surface area (TPSA) is 114 Å². The second-order valence-electron chi connectivity index (χ2n) is 5.79. The summed E-state index contributed by atoms with van der Waals surface area (Å²) in [5, 5.41) is 17.6. The second-order valence-corrected chi connectivity index (χ2v) is 5.79. The van der Waals surface area contributed by atoms with Crippen LogP contribution in [0.1, 0.15) is 24.2 Å². The van der Waals surface area contributed by atoms with Crippen LogP contribution in [-0.2, 0) is 13.2 Å². The fourth-order valence-corrected chi connectivity index (χ4v) is 2.06. The maximum Gasteiger partial charge on any atom is 0.223 e. The first-order valence-electron chi connectivity index (χ1n) is 8.24. The number of methoxy groups -OCH3 is 2. The molecule has 0 aliphatic heterocycles. The maximum absolute atomic E-state index is 11.0. The Morgan fingerprint density at radius 3 is 2.38 bits per heavy atom. The van der Waals surface area contributed by atoms with Crippen LogP contribution in [-0.4, -0.2) is 41.0 Å². The van der Waals surface area contributed by atoms with Crippen LogP contribution in [0.3, 0.4) is 0 Å². The lowest BCUT2D eigenvalue weighted by molar-refractivity contribution is 0.265. The number of H-pyrrole nitrogens is 1. The quantitative estimate of drug-likeness (QED) is 0.677.